The number of benzene rings is 2. The summed E-state index contributed by atoms with van der Waals surface area (Å²) in [5.41, 5.74) is 4.14. The smallest absolute Gasteiger partial charge is 0.243 e. The molecule has 0 fully saturated rings. The molecule has 29 heavy (non-hydrogen) atoms. The number of aromatic nitrogens is 2. The monoisotopic (exact) mass is 408 g/mol. The summed E-state index contributed by atoms with van der Waals surface area (Å²) in [5, 5.41) is 3.53. The van der Waals surface area contributed by atoms with Crippen LogP contribution in [0.4, 0.5) is 5.69 Å². The van der Waals surface area contributed by atoms with Gasteiger partial charge in [-0.15, -0.1) is 0 Å². The molecule has 2 amide bonds. The van der Waals surface area contributed by atoms with Gasteiger partial charge in [-0.25, -0.2) is 4.98 Å². The van der Waals surface area contributed by atoms with Gasteiger partial charge in [-0.05, 0) is 43.2 Å². The van der Waals surface area contributed by atoms with Crippen molar-refractivity contribution in [1.29, 1.82) is 0 Å². The van der Waals surface area contributed by atoms with Crippen LogP contribution in [-0.2, 0) is 9.59 Å². The highest BCUT2D eigenvalue weighted by atomic mass is 32.2. The molecule has 0 radical (unpaired) electrons. The number of likely N-dealkylation sites (N-methyl/N-ethyl adjacent to an activating group) is 1. The third kappa shape index (κ3) is 5.26. The molecule has 0 aliphatic heterocycles. The first-order valence-electron chi connectivity index (χ1n) is 9.27. The van der Waals surface area contributed by atoms with Crippen molar-refractivity contribution in [2.75, 3.05) is 24.7 Å². The molecule has 3 aromatic rings. The summed E-state index contributed by atoms with van der Waals surface area (Å²) in [6, 6.07) is 15.3. The van der Waals surface area contributed by atoms with Crippen LogP contribution >= 0.6 is 11.8 Å². The lowest BCUT2D eigenvalue weighted by atomic mass is 10.1. The Morgan fingerprint density at radius 1 is 1.10 bits per heavy atom. The Morgan fingerprint density at radius 3 is 2.62 bits per heavy atom. The van der Waals surface area contributed by atoms with Crippen LogP contribution in [-0.4, -0.2) is 45.6 Å². The molecule has 6 nitrogen and oxygen atoms in total. The summed E-state index contributed by atoms with van der Waals surface area (Å²) in [6.07, 6.45) is 3.62. The fourth-order valence-corrected chi connectivity index (χ4v) is 3.75. The van der Waals surface area contributed by atoms with E-state index >= 15 is 0 Å². The van der Waals surface area contributed by atoms with Gasteiger partial charge in [-0.2, -0.15) is 0 Å². The maximum atomic E-state index is 12.5. The molecule has 2 aromatic carbocycles. The van der Waals surface area contributed by atoms with E-state index in [9.17, 15) is 9.59 Å². The van der Waals surface area contributed by atoms with E-state index in [2.05, 4.69) is 30.2 Å². The minimum atomic E-state index is -0.228. The maximum absolute atomic E-state index is 12.5. The first-order chi connectivity index (χ1) is 14.0. The molecular weight excluding hydrogens is 384 g/mol. The molecule has 1 aromatic heterocycles. The Kier molecular flexibility index (Phi) is 6.72. The van der Waals surface area contributed by atoms with Crippen LogP contribution in [0, 0.1) is 13.8 Å². The molecule has 0 bridgehead atoms. The van der Waals surface area contributed by atoms with Crippen LogP contribution in [0.3, 0.4) is 0 Å². The van der Waals surface area contributed by atoms with Crippen LogP contribution in [0.2, 0.25) is 0 Å². The number of anilines is 1. The number of carbonyl (C=O) groups is 2. The second kappa shape index (κ2) is 9.43. The maximum Gasteiger partial charge on any atom is 0.243 e. The van der Waals surface area contributed by atoms with Crippen molar-refractivity contribution >= 4 is 29.3 Å². The molecule has 0 aliphatic rings. The summed E-state index contributed by atoms with van der Waals surface area (Å²) in [4.78, 5) is 30.4. The Morgan fingerprint density at radius 2 is 1.86 bits per heavy atom. The van der Waals surface area contributed by atoms with Gasteiger partial charge >= 0.3 is 0 Å². The van der Waals surface area contributed by atoms with Gasteiger partial charge < -0.3 is 10.2 Å². The van der Waals surface area contributed by atoms with Crippen molar-refractivity contribution < 1.29 is 9.59 Å². The largest absolute Gasteiger partial charge is 0.336 e. The number of hydrogen-bond acceptors (Lipinski definition) is 4. The average molecular weight is 409 g/mol. The Hall–Kier alpha value is -3.06. The number of nitrogens with zero attached hydrogens (tertiary/aromatic N) is 3. The summed E-state index contributed by atoms with van der Waals surface area (Å²) in [5.74, 6) is -0.153. The third-order valence-electron chi connectivity index (χ3n) is 4.63. The molecule has 0 saturated carbocycles. The first-order valence-corrected chi connectivity index (χ1v) is 10.3. The zero-order valence-corrected chi connectivity index (χ0v) is 17.6. The van der Waals surface area contributed by atoms with Gasteiger partial charge in [0.05, 0.1) is 18.0 Å². The SMILES string of the molecule is Cc1cccc(-n2ccnc2SCC(=O)N(C)CC(=O)Nc2ccccc2)c1C. The van der Waals surface area contributed by atoms with E-state index in [0.717, 1.165) is 10.8 Å². The number of imidazole rings is 1. The van der Waals surface area contributed by atoms with Crippen LogP contribution in [0.1, 0.15) is 11.1 Å². The highest BCUT2D eigenvalue weighted by molar-refractivity contribution is 7.99. The van der Waals surface area contributed by atoms with Gasteiger partial charge in [0.1, 0.15) is 0 Å². The fraction of sp³-hybridized carbons (Fsp3) is 0.227. The van der Waals surface area contributed by atoms with Crippen LogP contribution in [0.5, 0.6) is 0 Å². The number of aryl methyl sites for hydroxylation is 1. The third-order valence-corrected chi connectivity index (χ3v) is 5.58. The molecule has 3 rings (SSSR count). The van der Waals surface area contributed by atoms with Crippen molar-refractivity contribution in [1.82, 2.24) is 14.5 Å². The minimum Gasteiger partial charge on any atom is -0.336 e. The second-order valence-corrected chi connectivity index (χ2v) is 7.69. The highest BCUT2D eigenvalue weighted by Gasteiger charge is 2.16. The van der Waals surface area contributed by atoms with E-state index in [-0.39, 0.29) is 24.1 Å². The van der Waals surface area contributed by atoms with Gasteiger partial charge in [0.15, 0.2) is 5.16 Å². The summed E-state index contributed by atoms with van der Waals surface area (Å²) in [7, 11) is 1.63. The van der Waals surface area contributed by atoms with Crippen LogP contribution in [0.25, 0.3) is 5.69 Å². The van der Waals surface area contributed by atoms with Gasteiger partial charge in [0.25, 0.3) is 0 Å². The lowest BCUT2D eigenvalue weighted by Gasteiger charge is -2.17. The topological polar surface area (TPSA) is 67.2 Å². The Bertz CT molecular complexity index is 1000. The van der Waals surface area contributed by atoms with E-state index < -0.39 is 0 Å². The highest BCUT2D eigenvalue weighted by Crippen LogP contribution is 2.24. The summed E-state index contributed by atoms with van der Waals surface area (Å²) >= 11 is 1.36. The van der Waals surface area contributed by atoms with E-state index in [1.54, 1.807) is 13.2 Å². The predicted octanol–water partition coefficient (Wildman–Crippen LogP) is 3.68. The number of rotatable bonds is 7. The Labute approximate surface area is 174 Å². The molecule has 0 saturated heterocycles. The number of amides is 2. The number of carbonyl (C=O) groups excluding carboxylic acids is 2. The lowest BCUT2D eigenvalue weighted by molar-refractivity contribution is -0.131. The lowest BCUT2D eigenvalue weighted by Crippen LogP contribution is -2.36. The van der Waals surface area contributed by atoms with Gasteiger partial charge in [0, 0.05) is 25.1 Å². The molecule has 0 atom stereocenters. The van der Waals surface area contributed by atoms with Gasteiger partial charge in [0.2, 0.25) is 11.8 Å². The van der Waals surface area contributed by atoms with Crippen LogP contribution < -0.4 is 5.32 Å². The van der Waals surface area contributed by atoms with E-state index in [1.807, 2.05) is 53.2 Å². The van der Waals surface area contributed by atoms with Crippen molar-refractivity contribution in [2.45, 2.75) is 19.0 Å². The standard InChI is InChI=1S/C22H24N4O2S/c1-16-8-7-11-19(17(16)2)26-13-12-23-22(26)29-15-21(28)25(3)14-20(27)24-18-9-5-4-6-10-18/h4-13H,14-15H2,1-3H3,(H,24,27). The predicted molar refractivity (Wildman–Crippen MR) is 116 cm³/mol. The second-order valence-electron chi connectivity index (χ2n) is 6.75. The van der Waals surface area contributed by atoms with Crippen molar-refractivity contribution in [3.8, 4) is 5.69 Å². The van der Waals surface area contributed by atoms with Crippen LogP contribution in [0.15, 0.2) is 66.1 Å². The number of thioether (sulfide) groups is 1. The minimum absolute atomic E-state index is 0.000282. The molecule has 1 heterocycles. The molecule has 150 valence electrons. The van der Waals surface area contributed by atoms with E-state index in [4.69, 9.17) is 0 Å². The normalized spacial score (nSPS) is 10.6. The molecule has 0 spiro atoms. The molecule has 7 heteroatoms. The molecule has 0 unspecified atom stereocenters. The quantitative estimate of drug-likeness (QED) is 0.606. The molecule has 1 N–H and O–H groups in total. The number of nitrogens with one attached hydrogen (secondary N) is 1. The van der Waals surface area contributed by atoms with E-state index in [0.29, 0.717) is 5.69 Å². The van der Waals surface area contributed by atoms with E-state index in [1.165, 1.54) is 27.8 Å². The van der Waals surface area contributed by atoms with Crippen molar-refractivity contribution in [3.63, 3.8) is 0 Å². The Balaban J connectivity index is 1.58. The van der Waals surface area contributed by atoms with Crippen molar-refractivity contribution in [3.05, 3.63) is 72.1 Å². The summed E-state index contributed by atoms with van der Waals surface area (Å²) in [6.45, 7) is 4.14. The fourth-order valence-electron chi connectivity index (χ4n) is 2.84. The summed E-state index contributed by atoms with van der Waals surface area (Å²) < 4.78 is 1.99. The zero-order valence-electron chi connectivity index (χ0n) is 16.8. The molecule has 0 aliphatic carbocycles. The number of hydrogen-bond donors (Lipinski definition) is 1. The number of para-hydroxylation sites is 1. The zero-order chi connectivity index (χ0) is 20.8. The average Bonchev–Trinajstić information content (AvgIpc) is 3.17. The van der Waals surface area contributed by atoms with Crippen molar-refractivity contribution in [2.24, 2.45) is 0 Å². The molecular formula is C22H24N4O2S. The van der Waals surface area contributed by atoms with Gasteiger partial charge in [-0.1, -0.05) is 42.1 Å². The van der Waals surface area contributed by atoms with Gasteiger partial charge in [-0.3, -0.25) is 14.2 Å². The first kappa shape index (κ1) is 20.7.